The number of imide groups is 2. The summed E-state index contributed by atoms with van der Waals surface area (Å²) in [7, 11) is 0. The van der Waals surface area contributed by atoms with Crippen LogP contribution in [0.4, 0.5) is 0 Å². The standard InChI is InChI=1S/C83H94Cl3N3O28/c1-43-44(2)74(96)88(73(43)95)61-67(102-37-54-29-19-12-20-30-54)63(114-80-71(107-50(8)93)69(106-49(7)92)65(105-48(6)91)59(111-80)41-101-47(5)90)57(39-99-35-52-25-15-10-16-26-52)109-78(61)116-70-66-60(42-104-77(113-66)56-33-23-14-24-34-56)112-81(72(70)108-51(9)94)115-64-58(40-100-36-53-27-17-11-18-28-53)110-79(117-82(87)83(84,85)86)62(89-75(97)45(3)46(4)76(89)98)68(64)103-38-55-31-21-13-22-32-55/h10-34,43-46,57-72,77-81,87H,35-42H2,1-9H3/t43?,44?,45?,46?,57-,58-,59-,60-,61-,62-,63-,64-,65+,66+,67-,68-,69+,70+,71-,72-,77?,78+,79?,80+,81+/m1/s1. The van der Waals surface area contributed by atoms with Crippen LogP contribution < -0.4 is 0 Å². The minimum absolute atomic E-state index is 0.0439. The van der Waals surface area contributed by atoms with E-state index in [1.165, 1.54) is 0 Å². The number of amides is 4. The van der Waals surface area contributed by atoms with Gasteiger partial charge in [-0.25, -0.2) is 0 Å². The SMILES string of the molecule is CC(=O)OC[C@H]1O[C@@H](O[C@H]2[C@H](OCc3ccccc3)[C@@H](N3C(=O)C(C)C(C)C3=O)[C@H](O[C@H]3[C@H]4OC(c5ccccc5)OC[C@H]4O[C@@H](O[C@H]4[C@H](OCc5ccccc5)[C@@H](N5C(=O)C(C)C(C)C5=O)C(OC(=N)C(Cl)(Cl)Cl)O[C@@H]4COCc4ccccc4)[C@@H]3OC(C)=O)O[C@@H]2COCc2ccccc2)[C@H](OC(C)=O)[C@@H](OC(C)=O)[C@H]1OC(C)=O. The zero-order chi connectivity index (χ0) is 83.5. The molecular formula is C83H94Cl3N3O28. The summed E-state index contributed by atoms with van der Waals surface area (Å²) in [5.74, 6) is -12.4. The highest BCUT2D eigenvalue weighted by atomic mass is 35.6. The van der Waals surface area contributed by atoms with Gasteiger partial charge in [0, 0.05) is 63.9 Å². The first-order valence-electron chi connectivity index (χ1n) is 38.4. The number of rotatable bonds is 30. The van der Waals surface area contributed by atoms with Gasteiger partial charge in [-0.1, -0.05) is 214 Å². The molecule has 4 amide bonds. The Kier molecular flexibility index (Phi) is 29.7. The second-order valence-electron chi connectivity index (χ2n) is 29.4. The van der Waals surface area contributed by atoms with Crippen molar-refractivity contribution >= 4 is 94.2 Å². The lowest BCUT2D eigenvalue weighted by Crippen LogP contribution is -2.72. The lowest BCUT2D eigenvalue weighted by molar-refractivity contribution is -0.406. The molecule has 7 heterocycles. The third-order valence-electron chi connectivity index (χ3n) is 21.2. The Morgan fingerprint density at radius 3 is 1.19 bits per heavy atom. The molecule has 6 unspecified atom stereocenters. The van der Waals surface area contributed by atoms with Gasteiger partial charge >= 0.3 is 29.8 Å². The molecule has 5 aromatic rings. The van der Waals surface area contributed by atoms with Crippen molar-refractivity contribution in [2.75, 3.05) is 26.4 Å². The number of carbonyl (C=O) groups is 9. The number of hydrogen-bond acceptors (Lipinski definition) is 29. The fourth-order valence-electron chi connectivity index (χ4n) is 15.2. The molecular weight excluding hydrogens is 1590 g/mol. The van der Waals surface area contributed by atoms with Gasteiger partial charge in [0.05, 0.1) is 46.2 Å². The van der Waals surface area contributed by atoms with E-state index in [1.54, 1.807) is 161 Å². The average Bonchev–Trinajstić information content (AvgIpc) is 1.58. The van der Waals surface area contributed by atoms with Gasteiger partial charge in [0.25, 0.3) is 3.79 Å². The maximum absolute atomic E-state index is 15.6. The Morgan fingerprint density at radius 2 is 0.761 bits per heavy atom. The second kappa shape index (κ2) is 39.6. The normalized spacial score (nSPS) is 32.5. The Bertz CT molecular complexity index is 4220. The molecule has 0 aromatic heterocycles. The van der Waals surface area contributed by atoms with Crippen LogP contribution in [0.25, 0.3) is 0 Å². The fraction of sp³-hybridized carbons (Fsp3) is 0.518. The number of ether oxygens (including phenoxy) is 19. The van der Waals surface area contributed by atoms with Gasteiger partial charge < -0.3 is 90.0 Å². The third-order valence-corrected chi connectivity index (χ3v) is 21.7. The molecule has 34 heteroatoms. The number of fused-ring (bicyclic) bond motifs is 1. The van der Waals surface area contributed by atoms with Crippen molar-refractivity contribution in [2.45, 2.75) is 222 Å². The van der Waals surface area contributed by atoms with Gasteiger partial charge in [0.2, 0.25) is 35.8 Å². The zero-order valence-electron chi connectivity index (χ0n) is 65.5. The number of hydrogen-bond donors (Lipinski definition) is 1. The number of likely N-dealkylation sites (tertiary alicyclic amines) is 2. The number of halogens is 3. The first-order valence-corrected chi connectivity index (χ1v) is 39.5. The Hall–Kier alpha value is -8.45. The van der Waals surface area contributed by atoms with E-state index in [-0.39, 0.29) is 33.0 Å². The summed E-state index contributed by atoms with van der Waals surface area (Å²) in [6.45, 7) is 8.96. The van der Waals surface area contributed by atoms with E-state index >= 15 is 9.59 Å². The van der Waals surface area contributed by atoms with Crippen molar-refractivity contribution < 1.29 is 133 Å². The van der Waals surface area contributed by atoms with Gasteiger partial charge in [0.1, 0.15) is 79.7 Å². The van der Waals surface area contributed by atoms with E-state index in [0.29, 0.717) is 27.8 Å². The van der Waals surface area contributed by atoms with Gasteiger partial charge in [-0.15, -0.1) is 0 Å². The molecule has 0 spiro atoms. The van der Waals surface area contributed by atoms with Crippen LogP contribution in [0, 0.1) is 29.1 Å². The van der Waals surface area contributed by atoms with Gasteiger partial charge in [0.15, 0.2) is 49.6 Å². The van der Waals surface area contributed by atoms with Crippen molar-refractivity contribution in [1.29, 1.82) is 5.41 Å². The van der Waals surface area contributed by atoms with Crippen molar-refractivity contribution in [1.82, 2.24) is 9.80 Å². The molecule has 630 valence electrons. The average molecular weight is 1690 g/mol. The van der Waals surface area contributed by atoms with E-state index < -0.39 is 236 Å². The maximum Gasteiger partial charge on any atom is 0.303 e. The molecule has 31 nitrogen and oxygen atoms in total. The number of nitrogens with zero attached hydrogens (tertiary/aromatic N) is 2. The molecule has 7 aliphatic rings. The molecule has 0 saturated carbocycles. The summed E-state index contributed by atoms with van der Waals surface area (Å²) in [5.41, 5.74) is 3.02. The van der Waals surface area contributed by atoms with Crippen LogP contribution in [0.1, 0.15) is 96.4 Å². The molecule has 117 heavy (non-hydrogen) atoms. The summed E-state index contributed by atoms with van der Waals surface area (Å²) >= 11 is 19.1. The highest BCUT2D eigenvalue weighted by Gasteiger charge is 2.65. The van der Waals surface area contributed by atoms with Gasteiger partial charge in [-0.3, -0.25) is 58.4 Å². The van der Waals surface area contributed by atoms with Gasteiger partial charge in [-0.2, -0.15) is 0 Å². The fourth-order valence-corrected chi connectivity index (χ4v) is 15.3. The largest absolute Gasteiger partial charge is 0.463 e. The number of esters is 5. The molecule has 25 atom stereocenters. The minimum atomic E-state index is -2.55. The predicted octanol–water partition coefficient (Wildman–Crippen LogP) is 8.43. The summed E-state index contributed by atoms with van der Waals surface area (Å²) in [5, 5.41) is 8.99. The number of nitrogens with one attached hydrogen (secondary N) is 1. The third kappa shape index (κ3) is 21.2. The summed E-state index contributed by atoms with van der Waals surface area (Å²) in [4.78, 5) is 130. The quantitative estimate of drug-likeness (QED) is 0.0112. The van der Waals surface area contributed by atoms with E-state index in [1.807, 2.05) is 18.2 Å². The Balaban J connectivity index is 1.04. The highest BCUT2D eigenvalue weighted by molar-refractivity contribution is 6.76. The molecule has 0 aliphatic carbocycles. The molecule has 7 saturated heterocycles. The topological polar surface area (TPSA) is 359 Å². The van der Waals surface area contributed by atoms with Gasteiger partial charge in [-0.05, 0) is 22.3 Å². The van der Waals surface area contributed by atoms with E-state index in [2.05, 4.69) is 0 Å². The molecule has 0 bridgehead atoms. The predicted molar refractivity (Wildman–Crippen MR) is 407 cm³/mol. The van der Waals surface area contributed by atoms with Crippen LogP contribution in [0.15, 0.2) is 152 Å². The number of alkyl halides is 3. The first-order chi connectivity index (χ1) is 56.0. The molecule has 7 fully saturated rings. The first kappa shape index (κ1) is 87.9. The lowest BCUT2D eigenvalue weighted by atomic mass is 9.92. The Labute approximate surface area is 690 Å². The molecule has 0 radical (unpaired) electrons. The summed E-state index contributed by atoms with van der Waals surface area (Å²) in [6, 6.07) is 40.8. The second-order valence-corrected chi connectivity index (χ2v) is 31.7. The van der Waals surface area contributed by atoms with Crippen molar-refractivity contribution in [3.8, 4) is 0 Å². The minimum Gasteiger partial charge on any atom is -0.463 e. The number of carbonyl (C=O) groups excluding carboxylic acids is 9. The lowest BCUT2D eigenvalue weighted by Gasteiger charge is -2.54. The Morgan fingerprint density at radius 1 is 0.402 bits per heavy atom. The van der Waals surface area contributed by atoms with Crippen LogP contribution in [-0.2, 0) is 160 Å². The van der Waals surface area contributed by atoms with E-state index in [4.69, 9.17) is 130 Å². The molecule has 5 aromatic carbocycles. The van der Waals surface area contributed by atoms with Crippen LogP contribution in [-0.4, -0.2) is 222 Å². The number of benzene rings is 5. The van der Waals surface area contributed by atoms with Crippen molar-refractivity contribution in [3.05, 3.63) is 179 Å². The van der Waals surface area contributed by atoms with Crippen LogP contribution in [0.5, 0.6) is 0 Å². The molecule has 7 aliphatic heterocycles. The smallest absolute Gasteiger partial charge is 0.303 e. The summed E-state index contributed by atoms with van der Waals surface area (Å²) < 4.78 is 124. The van der Waals surface area contributed by atoms with Crippen LogP contribution in [0.3, 0.4) is 0 Å². The molecule has 1 N–H and O–H groups in total. The van der Waals surface area contributed by atoms with Crippen molar-refractivity contribution in [3.63, 3.8) is 0 Å². The maximum atomic E-state index is 15.6. The van der Waals surface area contributed by atoms with Crippen molar-refractivity contribution in [2.24, 2.45) is 23.7 Å². The van der Waals surface area contributed by atoms with Crippen LogP contribution in [0.2, 0.25) is 0 Å². The van der Waals surface area contributed by atoms with E-state index in [9.17, 15) is 33.6 Å². The highest BCUT2D eigenvalue weighted by Crippen LogP contribution is 2.46. The monoisotopic (exact) mass is 1690 g/mol. The molecule has 12 rings (SSSR count). The summed E-state index contributed by atoms with van der Waals surface area (Å²) in [6.07, 6.45) is -32.2. The van der Waals surface area contributed by atoms with E-state index in [0.717, 1.165) is 44.4 Å². The van der Waals surface area contributed by atoms with Crippen LogP contribution >= 0.6 is 34.8 Å². The zero-order valence-corrected chi connectivity index (χ0v) is 67.8.